The van der Waals surface area contributed by atoms with Gasteiger partial charge in [-0.05, 0) is 22.9 Å². The standard InChI is InChI=1S/C9H12BrN7/c1-5-6(3-17(2)16-5)14-8-7(10)9(15-11)13-4-12-8/h3-4H,11H2,1-2H3,(H2,12,13,14,15). The molecule has 0 radical (unpaired) electrons. The number of nitrogens with two attached hydrogens (primary N) is 1. The van der Waals surface area contributed by atoms with E-state index in [1.165, 1.54) is 6.33 Å². The Labute approximate surface area is 107 Å². The van der Waals surface area contributed by atoms with Crippen molar-refractivity contribution in [3.63, 3.8) is 0 Å². The molecule has 4 N–H and O–H groups in total. The molecule has 0 aliphatic rings. The van der Waals surface area contributed by atoms with Crippen LogP contribution in [-0.2, 0) is 7.05 Å². The Kier molecular flexibility index (Phi) is 3.25. The zero-order valence-corrected chi connectivity index (χ0v) is 11.0. The van der Waals surface area contributed by atoms with Crippen molar-refractivity contribution in [2.45, 2.75) is 6.92 Å². The first-order valence-electron chi connectivity index (χ1n) is 4.86. The first kappa shape index (κ1) is 11.8. The van der Waals surface area contributed by atoms with Gasteiger partial charge < -0.3 is 10.7 Å². The number of nitrogens with one attached hydrogen (secondary N) is 2. The number of aromatic nitrogens is 4. The highest BCUT2D eigenvalue weighted by Gasteiger charge is 2.10. The van der Waals surface area contributed by atoms with E-state index in [0.717, 1.165) is 11.4 Å². The van der Waals surface area contributed by atoms with E-state index in [4.69, 9.17) is 5.84 Å². The van der Waals surface area contributed by atoms with Gasteiger partial charge in [0.1, 0.15) is 16.6 Å². The number of rotatable bonds is 3. The quantitative estimate of drug-likeness (QED) is 0.584. The molecule has 17 heavy (non-hydrogen) atoms. The fourth-order valence-corrected chi connectivity index (χ4v) is 1.83. The van der Waals surface area contributed by atoms with E-state index in [-0.39, 0.29) is 0 Å². The maximum atomic E-state index is 5.33. The van der Waals surface area contributed by atoms with Crippen LogP contribution in [0.2, 0.25) is 0 Å². The maximum absolute atomic E-state index is 5.33. The second-order valence-corrected chi connectivity index (χ2v) is 4.25. The predicted molar refractivity (Wildman–Crippen MR) is 68.8 cm³/mol. The molecule has 0 aliphatic heterocycles. The van der Waals surface area contributed by atoms with Crippen molar-refractivity contribution in [1.29, 1.82) is 0 Å². The maximum Gasteiger partial charge on any atom is 0.159 e. The van der Waals surface area contributed by atoms with Gasteiger partial charge in [-0.25, -0.2) is 15.8 Å². The summed E-state index contributed by atoms with van der Waals surface area (Å²) in [5.41, 5.74) is 4.26. The third kappa shape index (κ3) is 2.37. The molecule has 90 valence electrons. The largest absolute Gasteiger partial charge is 0.336 e. The van der Waals surface area contributed by atoms with E-state index in [0.29, 0.717) is 16.1 Å². The van der Waals surface area contributed by atoms with Crippen molar-refractivity contribution in [3.8, 4) is 0 Å². The highest BCUT2D eigenvalue weighted by molar-refractivity contribution is 9.10. The zero-order valence-electron chi connectivity index (χ0n) is 9.40. The lowest BCUT2D eigenvalue weighted by Crippen LogP contribution is -2.10. The molecule has 2 rings (SSSR count). The van der Waals surface area contributed by atoms with Gasteiger partial charge in [-0.3, -0.25) is 4.68 Å². The van der Waals surface area contributed by atoms with Crippen molar-refractivity contribution >= 4 is 33.3 Å². The summed E-state index contributed by atoms with van der Waals surface area (Å²) in [5.74, 6) is 6.48. The molecular weight excluding hydrogens is 286 g/mol. The molecule has 0 fully saturated rings. The Balaban J connectivity index is 2.33. The zero-order chi connectivity index (χ0) is 12.4. The Morgan fingerprint density at radius 3 is 2.65 bits per heavy atom. The normalized spacial score (nSPS) is 10.4. The van der Waals surface area contributed by atoms with Gasteiger partial charge in [0.15, 0.2) is 5.82 Å². The number of hydrogen-bond acceptors (Lipinski definition) is 6. The Hall–Kier alpha value is -1.67. The smallest absolute Gasteiger partial charge is 0.159 e. The Bertz CT molecular complexity index is 536. The molecule has 0 amide bonds. The molecule has 8 heteroatoms. The predicted octanol–water partition coefficient (Wildman–Crippen LogP) is 1.31. The molecule has 0 saturated heterocycles. The van der Waals surface area contributed by atoms with Gasteiger partial charge in [0, 0.05) is 13.2 Å². The fraction of sp³-hybridized carbons (Fsp3) is 0.222. The average Bonchev–Trinajstić information content (AvgIpc) is 2.60. The minimum Gasteiger partial charge on any atom is -0.336 e. The van der Waals surface area contributed by atoms with Crippen LogP contribution < -0.4 is 16.6 Å². The number of hydrogen-bond donors (Lipinski definition) is 3. The number of nitrogen functional groups attached to an aromatic ring is 1. The summed E-state index contributed by atoms with van der Waals surface area (Å²) >= 11 is 3.37. The van der Waals surface area contributed by atoms with Gasteiger partial charge in [-0.2, -0.15) is 5.10 Å². The van der Waals surface area contributed by atoms with Crippen LogP contribution in [-0.4, -0.2) is 19.7 Å². The summed E-state index contributed by atoms with van der Waals surface area (Å²) in [7, 11) is 1.86. The second kappa shape index (κ2) is 4.68. The molecule has 2 aromatic rings. The molecule has 2 heterocycles. The van der Waals surface area contributed by atoms with Crippen LogP contribution in [0, 0.1) is 6.92 Å². The topological polar surface area (TPSA) is 93.7 Å². The van der Waals surface area contributed by atoms with Crippen LogP contribution in [0.25, 0.3) is 0 Å². The summed E-state index contributed by atoms with van der Waals surface area (Å²) in [6.07, 6.45) is 3.30. The lowest BCUT2D eigenvalue weighted by atomic mass is 10.4. The molecule has 0 unspecified atom stereocenters. The van der Waals surface area contributed by atoms with E-state index in [9.17, 15) is 0 Å². The number of nitrogens with zero attached hydrogens (tertiary/aromatic N) is 4. The minimum absolute atomic E-state index is 0.518. The van der Waals surface area contributed by atoms with Crippen LogP contribution in [0.15, 0.2) is 17.0 Å². The molecule has 0 bridgehead atoms. The first-order valence-corrected chi connectivity index (χ1v) is 5.65. The van der Waals surface area contributed by atoms with Crippen molar-refractivity contribution in [2.24, 2.45) is 12.9 Å². The van der Waals surface area contributed by atoms with Gasteiger partial charge in [0.2, 0.25) is 0 Å². The van der Waals surface area contributed by atoms with E-state index in [1.807, 2.05) is 20.2 Å². The number of aryl methyl sites for hydroxylation is 2. The second-order valence-electron chi connectivity index (χ2n) is 3.46. The summed E-state index contributed by atoms with van der Waals surface area (Å²) in [6, 6.07) is 0. The van der Waals surface area contributed by atoms with Crippen molar-refractivity contribution in [1.82, 2.24) is 19.7 Å². The molecule has 2 aromatic heterocycles. The van der Waals surface area contributed by atoms with Crippen molar-refractivity contribution in [2.75, 3.05) is 10.7 Å². The average molecular weight is 298 g/mol. The molecular formula is C9H12BrN7. The summed E-state index contributed by atoms with van der Waals surface area (Å²) in [5, 5.41) is 7.39. The number of anilines is 3. The van der Waals surface area contributed by atoms with Crippen LogP contribution in [0.3, 0.4) is 0 Å². The Morgan fingerprint density at radius 1 is 1.35 bits per heavy atom. The molecule has 0 aromatic carbocycles. The minimum atomic E-state index is 0.518. The third-order valence-electron chi connectivity index (χ3n) is 2.19. The molecule has 0 saturated carbocycles. The number of halogens is 1. The van der Waals surface area contributed by atoms with Gasteiger partial charge >= 0.3 is 0 Å². The van der Waals surface area contributed by atoms with E-state index in [1.54, 1.807) is 4.68 Å². The Morgan fingerprint density at radius 2 is 2.06 bits per heavy atom. The van der Waals surface area contributed by atoms with Crippen LogP contribution in [0.4, 0.5) is 17.3 Å². The number of hydrazine groups is 1. The van der Waals surface area contributed by atoms with E-state index in [2.05, 4.69) is 41.7 Å². The van der Waals surface area contributed by atoms with E-state index >= 15 is 0 Å². The van der Waals surface area contributed by atoms with Gasteiger partial charge in [-0.15, -0.1) is 0 Å². The van der Waals surface area contributed by atoms with Crippen LogP contribution in [0.1, 0.15) is 5.69 Å². The van der Waals surface area contributed by atoms with Gasteiger partial charge in [-0.1, -0.05) is 0 Å². The van der Waals surface area contributed by atoms with Crippen LogP contribution >= 0.6 is 15.9 Å². The van der Waals surface area contributed by atoms with Crippen LogP contribution in [0.5, 0.6) is 0 Å². The highest BCUT2D eigenvalue weighted by atomic mass is 79.9. The SMILES string of the molecule is Cc1nn(C)cc1Nc1ncnc(NN)c1Br. The summed E-state index contributed by atoms with van der Waals surface area (Å²) in [6.45, 7) is 1.92. The highest BCUT2D eigenvalue weighted by Crippen LogP contribution is 2.28. The monoisotopic (exact) mass is 297 g/mol. The summed E-state index contributed by atoms with van der Waals surface area (Å²) < 4.78 is 2.40. The lowest BCUT2D eigenvalue weighted by molar-refractivity contribution is 0.756. The fourth-order valence-electron chi connectivity index (χ4n) is 1.41. The first-order chi connectivity index (χ1) is 8.11. The van der Waals surface area contributed by atoms with Crippen molar-refractivity contribution < 1.29 is 0 Å². The lowest BCUT2D eigenvalue weighted by Gasteiger charge is -2.08. The molecule has 0 atom stereocenters. The third-order valence-corrected chi connectivity index (χ3v) is 2.94. The van der Waals surface area contributed by atoms with Gasteiger partial charge in [0.25, 0.3) is 0 Å². The van der Waals surface area contributed by atoms with Crippen molar-refractivity contribution in [3.05, 3.63) is 22.7 Å². The molecule has 7 nitrogen and oxygen atoms in total. The summed E-state index contributed by atoms with van der Waals surface area (Å²) in [4.78, 5) is 8.10. The molecule has 0 aliphatic carbocycles. The molecule has 0 spiro atoms. The van der Waals surface area contributed by atoms with Gasteiger partial charge in [0.05, 0.1) is 11.4 Å². The van der Waals surface area contributed by atoms with E-state index < -0.39 is 0 Å².